The Bertz CT molecular complexity index is 521. The molecule has 1 unspecified atom stereocenters. The van der Waals surface area contributed by atoms with E-state index in [-0.39, 0.29) is 23.9 Å². The van der Waals surface area contributed by atoms with Crippen molar-refractivity contribution in [2.75, 3.05) is 13.1 Å². The van der Waals surface area contributed by atoms with Gasteiger partial charge in [0.15, 0.2) is 0 Å². The van der Waals surface area contributed by atoms with Crippen LogP contribution in [0.3, 0.4) is 0 Å². The van der Waals surface area contributed by atoms with E-state index in [2.05, 4.69) is 11.0 Å². The number of hydrogen-bond donors (Lipinski definition) is 2. The van der Waals surface area contributed by atoms with Crippen LogP contribution in [0.15, 0.2) is 24.3 Å². The summed E-state index contributed by atoms with van der Waals surface area (Å²) >= 11 is 6.15. The molecular formula is C17H26Cl2N2O2. The van der Waals surface area contributed by atoms with Crippen LogP contribution < -0.4 is 5.73 Å². The Labute approximate surface area is 149 Å². The first-order chi connectivity index (χ1) is 10.5. The van der Waals surface area contributed by atoms with E-state index in [1.807, 2.05) is 25.1 Å². The number of benzene rings is 1. The third kappa shape index (κ3) is 3.84. The lowest BCUT2D eigenvalue weighted by Gasteiger charge is -2.43. The highest BCUT2D eigenvalue weighted by molar-refractivity contribution is 6.30. The average Bonchev–Trinajstić information content (AvgIpc) is 2.86. The van der Waals surface area contributed by atoms with Crippen molar-refractivity contribution in [2.45, 2.75) is 56.6 Å². The topological polar surface area (TPSA) is 58.7 Å². The minimum absolute atomic E-state index is 0. The van der Waals surface area contributed by atoms with E-state index in [1.54, 1.807) is 0 Å². The number of hydrogen-bond acceptors (Lipinski definition) is 4. The molecule has 130 valence electrons. The molecule has 0 amide bonds. The Morgan fingerprint density at radius 3 is 2.61 bits per heavy atom. The number of aliphatic hydroxyl groups is 1. The molecule has 3 N–H and O–H groups in total. The van der Waals surface area contributed by atoms with Gasteiger partial charge in [-0.05, 0) is 50.3 Å². The van der Waals surface area contributed by atoms with Gasteiger partial charge < -0.3 is 15.6 Å². The molecule has 2 fully saturated rings. The van der Waals surface area contributed by atoms with E-state index >= 15 is 0 Å². The van der Waals surface area contributed by atoms with Crippen molar-refractivity contribution in [3.63, 3.8) is 0 Å². The Morgan fingerprint density at radius 2 is 2.09 bits per heavy atom. The lowest BCUT2D eigenvalue weighted by molar-refractivity contribution is -0.160. The van der Waals surface area contributed by atoms with Crippen LogP contribution in [-0.4, -0.2) is 41.7 Å². The normalized spacial score (nSPS) is 35.0. The fourth-order valence-electron chi connectivity index (χ4n) is 3.96. The fourth-order valence-corrected chi connectivity index (χ4v) is 4.15. The summed E-state index contributed by atoms with van der Waals surface area (Å²) in [6.45, 7) is 3.44. The van der Waals surface area contributed by atoms with Crippen molar-refractivity contribution < 1.29 is 9.84 Å². The molecule has 3 rings (SSSR count). The number of nitrogens with two attached hydrogens (primary N) is 1. The molecule has 1 heterocycles. The molecule has 1 aromatic carbocycles. The molecule has 6 heteroatoms. The van der Waals surface area contributed by atoms with Gasteiger partial charge in [0.25, 0.3) is 0 Å². The number of ether oxygens (including phenoxy) is 1. The Morgan fingerprint density at radius 1 is 1.39 bits per heavy atom. The van der Waals surface area contributed by atoms with Crippen LogP contribution in [0, 0.1) is 0 Å². The van der Waals surface area contributed by atoms with Crippen LogP contribution in [-0.2, 0) is 10.2 Å². The molecule has 1 saturated heterocycles. The Balaban J connectivity index is 0.00000192. The molecule has 2 aliphatic rings. The van der Waals surface area contributed by atoms with Gasteiger partial charge in [-0.15, -0.1) is 12.4 Å². The number of nitrogens with zero attached hydrogens (tertiary/aromatic N) is 1. The van der Waals surface area contributed by atoms with Gasteiger partial charge in [0.1, 0.15) is 0 Å². The lowest BCUT2D eigenvalue weighted by atomic mass is 9.68. The van der Waals surface area contributed by atoms with E-state index in [4.69, 9.17) is 22.1 Å². The van der Waals surface area contributed by atoms with Gasteiger partial charge in [0.2, 0.25) is 6.41 Å². The second-order valence-corrected chi connectivity index (χ2v) is 7.13. The molecule has 23 heavy (non-hydrogen) atoms. The summed E-state index contributed by atoms with van der Waals surface area (Å²) in [4.78, 5) is 2.09. The molecule has 1 aliphatic carbocycles. The molecule has 0 bridgehead atoms. The summed E-state index contributed by atoms with van der Waals surface area (Å²) in [7, 11) is 0. The SMILES string of the molecule is C[C@H]1CN(C2CCC(CN)(c3cccc(Cl)c3)CC2)C(O)O1.Cl. The minimum atomic E-state index is -0.753. The lowest BCUT2D eigenvalue weighted by Crippen LogP contribution is -2.47. The molecular weight excluding hydrogens is 335 g/mol. The molecule has 2 atom stereocenters. The largest absolute Gasteiger partial charge is 0.356 e. The molecule has 1 aromatic rings. The van der Waals surface area contributed by atoms with Crippen molar-refractivity contribution >= 4 is 24.0 Å². The Hall–Kier alpha value is -0.360. The van der Waals surface area contributed by atoms with Crippen molar-refractivity contribution in [2.24, 2.45) is 5.73 Å². The summed E-state index contributed by atoms with van der Waals surface area (Å²) in [6, 6.07) is 8.46. The van der Waals surface area contributed by atoms with Gasteiger partial charge in [0, 0.05) is 29.6 Å². The maximum absolute atomic E-state index is 10.0. The number of rotatable bonds is 3. The van der Waals surface area contributed by atoms with Crippen LogP contribution in [0.2, 0.25) is 5.02 Å². The quantitative estimate of drug-likeness (QED) is 0.869. The van der Waals surface area contributed by atoms with E-state index in [0.717, 1.165) is 37.3 Å². The third-order valence-corrected chi connectivity index (χ3v) is 5.55. The summed E-state index contributed by atoms with van der Waals surface area (Å²) in [5.74, 6) is 0. The van der Waals surface area contributed by atoms with Crippen molar-refractivity contribution in [3.05, 3.63) is 34.9 Å². The highest BCUT2D eigenvalue weighted by Crippen LogP contribution is 2.41. The van der Waals surface area contributed by atoms with E-state index < -0.39 is 6.41 Å². The number of aliphatic hydroxyl groups excluding tert-OH is 1. The van der Waals surface area contributed by atoms with Crippen molar-refractivity contribution in [3.8, 4) is 0 Å². The van der Waals surface area contributed by atoms with Crippen LogP contribution in [0.5, 0.6) is 0 Å². The van der Waals surface area contributed by atoms with Crippen molar-refractivity contribution in [1.82, 2.24) is 4.90 Å². The van der Waals surface area contributed by atoms with Gasteiger partial charge in [-0.1, -0.05) is 23.7 Å². The van der Waals surface area contributed by atoms with E-state index in [9.17, 15) is 5.11 Å². The maximum Gasteiger partial charge on any atom is 0.216 e. The van der Waals surface area contributed by atoms with Crippen LogP contribution in [0.25, 0.3) is 0 Å². The maximum atomic E-state index is 10.0. The Kier molecular flexibility index (Phi) is 6.34. The van der Waals surface area contributed by atoms with Crippen LogP contribution in [0.4, 0.5) is 0 Å². The van der Waals surface area contributed by atoms with E-state index in [0.29, 0.717) is 12.6 Å². The summed E-state index contributed by atoms with van der Waals surface area (Å²) in [6.07, 6.45) is 3.44. The van der Waals surface area contributed by atoms with Gasteiger partial charge in [-0.25, -0.2) is 4.90 Å². The summed E-state index contributed by atoms with van der Waals surface area (Å²) < 4.78 is 5.44. The second kappa shape index (κ2) is 7.68. The van der Waals surface area contributed by atoms with Gasteiger partial charge >= 0.3 is 0 Å². The predicted molar refractivity (Wildman–Crippen MR) is 94.9 cm³/mol. The first-order valence-electron chi connectivity index (χ1n) is 8.09. The smallest absolute Gasteiger partial charge is 0.216 e. The minimum Gasteiger partial charge on any atom is -0.356 e. The molecule has 0 spiro atoms. The summed E-state index contributed by atoms with van der Waals surface area (Å²) in [5.41, 5.74) is 7.39. The van der Waals surface area contributed by atoms with Gasteiger partial charge in [0.05, 0.1) is 6.10 Å². The monoisotopic (exact) mass is 360 g/mol. The second-order valence-electron chi connectivity index (χ2n) is 6.70. The average molecular weight is 361 g/mol. The zero-order valence-electron chi connectivity index (χ0n) is 13.5. The summed E-state index contributed by atoms with van der Waals surface area (Å²) in [5, 5.41) is 10.8. The standard InChI is InChI=1S/C17H25ClN2O2.ClH/c1-12-10-20(16(21)22-12)15-5-7-17(11-19,8-6-15)13-3-2-4-14(18)9-13;/h2-4,9,12,15-16,21H,5-8,10-11,19H2,1H3;1H/t12-,15?,16?,17?;/m0./s1. The predicted octanol–water partition coefficient (Wildman–Crippen LogP) is 2.90. The molecule has 1 saturated carbocycles. The van der Waals surface area contributed by atoms with Crippen LogP contribution >= 0.6 is 24.0 Å². The zero-order chi connectivity index (χ0) is 15.7. The molecule has 0 radical (unpaired) electrons. The third-order valence-electron chi connectivity index (χ3n) is 5.31. The van der Waals surface area contributed by atoms with Gasteiger partial charge in [-0.3, -0.25) is 0 Å². The zero-order valence-corrected chi connectivity index (χ0v) is 15.0. The molecule has 4 nitrogen and oxygen atoms in total. The van der Waals surface area contributed by atoms with Crippen LogP contribution in [0.1, 0.15) is 38.2 Å². The molecule has 1 aliphatic heterocycles. The number of halogens is 2. The fraction of sp³-hybridized carbons (Fsp3) is 0.647. The highest BCUT2D eigenvalue weighted by atomic mass is 35.5. The van der Waals surface area contributed by atoms with Gasteiger partial charge in [-0.2, -0.15) is 0 Å². The first kappa shape index (κ1) is 19.0. The first-order valence-corrected chi connectivity index (χ1v) is 8.47. The van der Waals surface area contributed by atoms with Crippen molar-refractivity contribution in [1.29, 1.82) is 0 Å². The van der Waals surface area contributed by atoms with E-state index in [1.165, 1.54) is 5.56 Å². The molecule has 0 aromatic heterocycles. The highest BCUT2D eigenvalue weighted by Gasteiger charge is 2.41.